The maximum absolute atomic E-state index is 13.5. The van der Waals surface area contributed by atoms with Crippen LogP contribution in [0.4, 0.5) is 4.79 Å². The zero-order chi connectivity index (χ0) is 24.6. The Morgan fingerprint density at radius 3 is 2.28 bits per heavy atom. The molecule has 0 aromatic heterocycles. The van der Waals surface area contributed by atoms with Crippen LogP contribution >= 0.6 is 12.6 Å². The molecule has 2 unspecified atom stereocenters. The van der Waals surface area contributed by atoms with E-state index in [-0.39, 0.29) is 24.2 Å². The highest BCUT2D eigenvalue weighted by molar-refractivity contribution is 7.80. The molecule has 0 saturated heterocycles. The first kappa shape index (κ1) is 27.6. The highest BCUT2D eigenvalue weighted by atomic mass is 32.1. The average Bonchev–Trinajstić information content (AvgIpc) is 2.64. The van der Waals surface area contributed by atoms with Crippen molar-refractivity contribution < 1.29 is 19.1 Å². The van der Waals surface area contributed by atoms with Gasteiger partial charge in [-0.1, -0.05) is 29.8 Å². The van der Waals surface area contributed by atoms with Gasteiger partial charge in [0.15, 0.2) is 0 Å². The van der Waals surface area contributed by atoms with Gasteiger partial charge in [-0.25, -0.2) is 4.79 Å². The van der Waals surface area contributed by atoms with Gasteiger partial charge in [0.25, 0.3) is 0 Å². The summed E-state index contributed by atoms with van der Waals surface area (Å²) < 4.78 is 5.28. The summed E-state index contributed by atoms with van der Waals surface area (Å²) in [7, 11) is 0. The fraction of sp³-hybridized carbons (Fsp3) is 0.542. The number of ether oxygens (including phenoxy) is 1. The summed E-state index contributed by atoms with van der Waals surface area (Å²) in [6, 6.07) is 3.74. The van der Waals surface area contributed by atoms with Crippen molar-refractivity contribution in [2.75, 3.05) is 12.3 Å². The van der Waals surface area contributed by atoms with Gasteiger partial charge in [0.2, 0.25) is 11.8 Å². The monoisotopic (exact) mass is 463 g/mol. The Morgan fingerprint density at radius 1 is 1.19 bits per heavy atom. The third-order valence-corrected chi connectivity index (χ3v) is 4.86. The lowest BCUT2D eigenvalue weighted by molar-refractivity contribution is -0.141. The third-order valence-electron chi connectivity index (χ3n) is 4.49. The van der Waals surface area contributed by atoms with E-state index < -0.39 is 29.7 Å². The number of carbonyl (C=O) groups excluding carboxylic acids is 3. The van der Waals surface area contributed by atoms with Crippen LogP contribution in [0.1, 0.15) is 57.4 Å². The van der Waals surface area contributed by atoms with Crippen LogP contribution in [0.5, 0.6) is 0 Å². The maximum Gasteiger partial charge on any atom is 0.408 e. The third kappa shape index (κ3) is 8.22. The molecule has 0 fully saturated rings. The summed E-state index contributed by atoms with van der Waals surface area (Å²) in [5, 5.41) is 5.48. The van der Waals surface area contributed by atoms with Crippen LogP contribution < -0.4 is 10.6 Å². The molecule has 2 atom stereocenters. The molecular weight excluding hydrogens is 426 g/mol. The van der Waals surface area contributed by atoms with Gasteiger partial charge in [-0.3, -0.25) is 9.59 Å². The number of aryl methyl sites for hydroxylation is 2. The van der Waals surface area contributed by atoms with Crippen molar-refractivity contribution in [3.63, 3.8) is 0 Å². The minimum atomic E-state index is -0.978. The molecular formula is C24H37N3O4S. The van der Waals surface area contributed by atoms with Crippen molar-refractivity contribution in [3.05, 3.63) is 47.5 Å². The van der Waals surface area contributed by atoms with Gasteiger partial charge in [-0.2, -0.15) is 12.6 Å². The van der Waals surface area contributed by atoms with Crippen LogP contribution in [-0.2, 0) is 14.3 Å². The molecule has 0 radical (unpaired) electrons. The molecule has 0 bridgehead atoms. The Morgan fingerprint density at radius 2 is 1.81 bits per heavy atom. The molecule has 1 aromatic carbocycles. The van der Waals surface area contributed by atoms with Crippen LogP contribution in [0.25, 0.3) is 0 Å². The quantitative estimate of drug-likeness (QED) is 0.385. The van der Waals surface area contributed by atoms with E-state index in [1.165, 1.54) is 4.90 Å². The van der Waals surface area contributed by atoms with Crippen LogP contribution in [0.2, 0.25) is 0 Å². The molecule has 0 aliphatic heterocycles. The van der Waals surface area contributed by atoms with E-state index in [0.717, 1.165) is 11.1 Å². The standard InChI is InChI=1S/C24H37N3O4S/c1-9-12-27(22(29)19(14-32)26-23(30)31-24(6,7)8)20(21(28)25-15(2)3)18-11-10-16(4)13-17(18)5/h9-11,13,15,19-20,32H,1,12,14H2,2-8H3,(H,25,28)(H,26,30). The molecule has 0 aliphatic rings. The number of nitrogens with one attached hydrogen (secondary N) is 2. The molecule has 8 heteroatoms. The topological polar surface area (TPSA) is 87.7 Å². The van der Waals surface area contributed by atoms with E-state index >= 15 is 0 Å². The van der Waals surface area contributed by atoms with Crippen molar-refractivity contribution in [1.82, 2.24) is 15.5 Å². The Labute approximate surface area is 197 Å². The van der Waals surface area contributed by atoms with Crippen LogP contribution in [-0.4, -0.2) is 52.8 Å². The van der Waals surface area contributed by atoms with E-state index in [1.54, 1.807) is 26.8 Å². The molecule has 0 saturated carbocycles. The van der Waals surface area contributed by atoms with Gasteiger partial charge >= 0.3 is 6.09 Å². The fourth-order valence-electron chi connectivity index (χ4n) is 3.24. The first-order valence-electron chi connectivity index (χ1n) is 10.7. The van der Waals surface area contributed by atoms with Crippen LogP contribution in [0.3, 0.4) is 0 Å². The minimum absolute atomic E-state index is 0.0388. The lowest BCUT2D eigenvalue weighted by Crippen LogP contribution is -2.54. The second-order valence-electron chi connectivity index (χ2n) is 9.09. The predicted octanol–water partition coefficient (Wildman–Crippen LogP) is 3.71. The zero-order valence-corrected chi connectivity index (χ0v) is 21.1. The Balaban J connectivity index is 3.39. The highest BCUT2D eigenvalue weighted by Crippen LogP contribution is 2.26. The lowest BCUT2D eigenvalue weighted by Gasteiger charge is -2.34. The number of alkyl carbamates (subject to hydrolysis) is 1. The first-order valence-corrected chi connectivity index (χ1v) is 11.3. The number of thiol groups is 1. The SMILES string of the molecule is C=CCN(C(=O)C(CS)NC(=O)OC(C)(C)C)C(C(=O)NC(C)C)c1ccc(C)cc1C. The van der Waals surface area contributed by atoms with E-state index in [0.29, 0.717) is 5.56 Å². The minimum Gasteiger partial charge on any atom is -0.444 e. The summed E-state index contributed by atoms with van der Waals surface area (Å²) in [4.78, 5) is 40.5. The maximum atomic E-state index is 13.5. The van der Waals surface area contributed by atoms with Crippen molar-refractivity contribution in [2.45, 2.75) is 72.2 Å². The van der Waals surface area contributed by atoms with Gasteiger partial charge in [-0.05, 0) is 59.6 Å². The first-order chi connectivity index (χ1) is 14.8. The molecule has 0 aliphatic carbocycles. The van der Waals surface area contributed by atoms with Gasteiger partial charge in [0, 0.05) is 18.3 Å². The van der Waals surface area contributed by atoms with Crippen molar-refractivity contribution in [2.24, 2.45) is 0 Å². The number of hydrogen-bond donors (Lipinski definition) is 3. The van der Waals surface area contributed by atoms with Crippen LogP contribution in [0.15, 0.2) is 30.9 Å². The predicted molar refractivity (Wildman–Crippen MR) is 131 cm³/mol. The summed E-state index contributed by atoms with van der Waals surface area (Å²) in [5.41, 5.74) is 1.93. The van der Waals surface area contributed by atoms with Crippen molar-refractivity contribution in [1.29, 1.82) is 0 Å². The van der Waals surface area contributed by atoms with Gasteiger partial charge in [0.05, 0.1) is 0 Å². The molecule has 3 amide bonds. The van der Waals surface area contributed by atoms with E-state index in [1.807, 2.05) is 45.9 Å². The Kier molecular flexibility index (Phi) is 10.3. The molecule has 1 rings (SSSR count). The van der Waals surface area contributed by atoms with Gasteiger partial charge in [0.1, 0.15) is 17.7 Å². The highest BCUT2D eigenvalue weighted by Gasteiger charge is 2.36. The zero-order valence-electron chi connectivity index (χ0n) is 20.2. The van der Waals surface area contributed by atoms with Crippen molar-refractivity contribution in [3.8, 4) is 0 Å². The molecule has 0 spiro atoms. The second kappa shape index (κ2) is 11.9. The Bertz CT molecular complexity index is 833. The summed E-state index contributed by atoms with van der Waals surface area (Å²) in [5.74, 6) is -0.719. The molecule has 178 valence electrons. The lowest BCUT2D eigenvalue weighted by atomic mass is 9.96. The summed E-state index contributed by atoms with van der Waals surface area (Å²) in [6.45, 7) is 16.7. The van der Waals surface area contributed by atoms with Crippen molar-refractivity contribution >= 4 is 30.5 Å². The molecule has 7 nitrogen and oxygen atoms in total. The number of nitrogens with zero attached hydrogens (tertiary/aromatic N) is 1. The molecule has 2 N–H and O–H groups in total. The molecule has 32 heavy (non-hydrogen) atoms. The normalized spacial score (nSPS) is 13.2. The van der Waals surface area contributed by atoms with E-state index in [4.69, 9.17) is 4.74 Å². The summed E-state index contributed by atoms with van der Waals surface area (Å²) >= 11 is 4.26. The summed E-state index contributed by atoms with van der Waals surface area (Å²) in [6.07, 6.45) is 0.832. The number of rotatable bonds is 9. The largest absolute Gasteiger partial charge is 0.444 e. The molecule has 1 aromatic rings. The van der Waals surface area contributed by atoms with E-state index in [2.05, 4.69) is 29.8 Å². The average molecular weight is 464 g/mol. The van der Waals surface area contributed by atoms with E-state index in [9.17, 15) is 14.4 Å². The number of hydrogen-bond acceptors (Lipinski definition) is 5. The smallest absolute Gasteiger partial charge is 0.408 e. The number of benzene rings is 1. The number of amides is 3. The van der Waals surface area contributed by atoms with Gasteiger partial charge < -0.3 is 20.3 Å². The van der Waals surface area contributed by atoms with Gasteiger partial charge in [-0.15, -0.1) is 6.58 Å². The number of carbonyl (C=O) groups is 3. The Hall–Kier alpha value is -2.48. The second-order valence-corrected chi connectivity index (χ2v) is 9.45. The molecule has 0 heterocycles. The fourth-order valence-corrected chi connectivity index (χ4v) is 3.49. The van der Waals surface area contributed by atoms with Crippen LogP contribution in [0, 0.1) is 13.8 Å².